The van der Waals surface area contributed by atoms with Gasteiger partial charge in [-0.2, -0.15) is 0 Å². The molecule has 3 N–H and O–H groups in total. The van der Waals surface area contributed by atoms with Gasteiger partial charge in [0, 0.05) is 24.9 Å². The number of benzene rings is 2. The first-order valence-corrected chi connectivity index (χ1v) is 12.6. The molecule has 35 heavy (non-hydrogen) atoms. The molecule has 0 spiro atoms. The Morgan fingerprint density at radius 2 is 1.57 bits per heavy atom. The van der Waals surface area contributed by atoms with E-state index < -0.39 is 12.1 Å². The van der Waals surface area contributed by atoms with Gasteiger partial charge in [-0.1, -0.05) is 55.0 Å². The van der Waals surface area contributed by atoms with E-state index in [-0.39, 0.29) is 42.1 Å². The summed E-state index contributed by atoms with van der Waals surface area (Å²) in [6.45, 7) is 1.22. The van der Waals surface area contributed by atoms with Crippen LogP contribution in [0.5, 0.6) is 0 Å². The Kier molecular flexibility index (Phi) is 6.75. The third-order valence-electron chi connectivity index (χ3n) is 7.81. The van der Waals surface area contributed by atoms with Gasteiger partial charge in [0.25, 0.3) is 0 Å². The molecular formula is C28H32N2O5. The number of amides is 2. The van der Waals surface area contributed by atoms with Crippen LogP contribution in [0.2, 0.25) is 0 Å². The standard InChI is InChI=1S/C28H32N2O5/c31-26(29-14-17-6-5-7-18(12-17)27(32)33)24-13-19(24)15-30-28(34)35-16-25-22-10-3-1-8-20(22)21-9-2-4-11-23(21)25/h1-4,8-11,17-19,24-25H,5-7,12-16H2,(H,29,31)(H,30,34)(H,32,33). The molecular weight excluding hydrogens is 444 g/mol. The molecule has 0 heterocycles. The first-order valence-electron chi connectivity index (χ1n) is 12.6. The van der Waals surface area contributed by atoms with Crippen LogP contribution in [0.3, 0.4) is 0 Å². The molecule has 3 aliphatic rings. The molecule has 2 saturated carbocycles. The van der Waals surface area contributed by atoms with Gasteiger partial charge in [0.15, 0.2) is 0 Å². The number of carboxylic acid groups (broad SMARTS) is 1. The van der Waals surface area contributed by atoms with Crippen LogP contribution in [-0.4, -0.2) is 42.8 Å². The smallest absolute Gasteiger partial charge is 0.407 e. The third kappa shape index (κ3) is 5.19. The number of ether oxygens (including phenoxy) is 1. The highest BCUT2D eigenvalue weighted by atomic mass is 16.5. The first kappa shape index (κ1) is 23.4. The molecule has 4 unspecified atom stereocenters. The number of rotatable bonds is 8. The highest BCUT2D eigenvalue weighted by Crippen LogP contribution is 2.44. The molecule has 2 fully saturated rings. The number of hydrogen-bond acceptors (Lipinski definition) is 4. The van der Waals surface area contributed by atoms with E-state index in [1.165, 1.54) is 22.3 Å². The van der Waals surface area contributed by atoms with E-state index in [9.17, 15) is 19.5 Å². The van der Waals surface area contributed by atoms with E-state index >= 15 is 0 Å². The summed E-state index contributed by atoms with van der Waals surface area (Å²) in [5.74, 6) is -0.750. The molecule has 0 aromatic heterocycles. The fourth-order valence-electron chi connectivity index (χ4n) is 5.73. The minimum atomic E-state index is -0.734. The molecule has 3 aliphatic carbocycles. The Morgan fingerprint density at radius 3 is 2.26 bits per heavy atom. The predicted octanol–water partition coefficient (Wildman–Crippen LogP) is 4.17. The van der Waals surface area contributed by atoms with Crippen molar-refractivity contribution in [2.24, 2.45) is 23.7 Å². The molecule has 5 rings (SSSR count). The molecule has 2 aromatic carbocycles. The van der Waals surface area contributed by atoms with Crippen molar-refractivity contribution in [2.75, 3.05) is 19.7 Å². The maximum atomic E-state index is 12.5. The first-order chi connectivity index (χ1) is 17.0. The average molecular weight is 477 g/mol. The number of hydrogen-bond donors (Lipinski definition) is 3. The fourth-order valence-corrected chi connectivity index (χ4v) is 5.73. The highest BCUT2D eigenvalue weighted by molar-refractivity contribution is 5.82. The van der Waals surface area contributed by atoms with Crippen molar-refractivity contribution in [1.82, 2.24) is 10.6 Å². The summed E-state index contributed by atoms with van der Waals surface area (Å²) in [6, 6.07) is 16.4. The molecule has 0 bridgehead atoms. The van der Waals surface area contributed by atoms with Crippen LogP contribution in [0.15, 0.2) is 48.5 Å². The number of carboxylic acids is 1. The minimum Gasteiger partial charge on any atom is -0.481 e. The summed E-state index contributed by atoms with van der Waals surface area (Å²) < 4.78 is 5.57. The molecule has 4 atom stereocenters. The van der Waals surface area contributed by atoms with E-state index in [0.29, 0.717) is 19.5 Å². The third-order valence-corrected chi connectivity index (χ3v) is 7.81. The zero-order valence-electron chi connectivity index (χ0n) is 19.7. The summed E-state index contributed by atoms with van der Waals surface area (Å²) in [5, 5.41) is 15.0. The van der Waals surface area contributed by atoms with E-state index in [0.717, 1.165) is 25.7 Å². The topological polar surface area (TPSA) is 105 Å². The summed E-state index contributed by atoms with van der Waals surface area (Å²) >= 11 is 0. The zero-order chi connectivity index (χ0) is 24.4. The highest BCUT2D eigenvalue weighted by Gasteiger charge is 2.43. The van der Waals surface area contributed by atoms with E-state index in [4.69, 9.17) is 4.74 Å². The van der Waals surface area contributed by atoms with Crippen molar-refractivity contribution >= 4 is 18.0 Å². The van der Waals surface area contributed by atoms with Gasteiger partial charge in [-0.3, -0.25) is 9.59 Å². The van der Waals surface area contributed by atoms with E-state index in [1.807, 2.05) is 24.3 Å². The Bertz CT molecular complexity index is 1070. The fraction of sp³-hybridized carbons (Fsp3) is 0.464. The lowest BCUT2D eigenvalue weighted by molar-refractivity contribution is -0.143. The van der Waals surface area contributed by atoms with Crippen LogP contribution in [0.4, 0.5) is 4.79 Å². The summed E-state index contributed by atoms with van der Waals surface area (Å²) in [4.78, 5) is 36.1. The average Bonchev–Trinajstić information content (AvgIpc) is 3.60. The van der Waals surface area contributed by atoms with Gasteiger partial charge in [0.2, 0.25) is 5.91 Å². The lowest BCUT2D eigenvalue weighted by Gasteiger charge is -2.26. The second-order valence-corrected chi connectivity index (χ2v) is 10.1. The monoisotopic (exact) mass is 476 g/mol. The second-order valence-electron chi connectivity index (χ2n) is 10.1. The molecule has 0 saturated heterocycles. The number of alkyl carbamates (subject to hydrolysis) is 1. The number of nitrogens with one attached hydrogen (secondary N) is 2. The van der Waals surface area contributed by atoms with Crippen LogP contribution >= 0.6 is 0 Å². The molecule has 7 heteroatoms. The molecule has 2 aromatic rings. The largest absolute Gasteiger partial charge is 0.481 e. The van der Waals surface area contributed by atoms with Crippen LogP contribution in [0, 0.1) is 23.7 Å². The molecule has 0 aliphatic heterocycles. The van der Waals surface area contributed by atoms with Crippen LogP contribution < -0.4 is 10.6 Å². The summed E-state index contributed by atoms with van der Waals surface area (Å²) in [7, 11) is 0. The van der Waals surface area contributed by atoms with Gasteiger partial charge in [-0.05, 0) is 59.8 Å². The zero-order valence-corrected chi connectivity index (χ0v) is 19.7. The SMILES string of the molecule is O=C(NCC1CC1C(=O)NCC1CCCC(C(=O)O)C1)OCC1c2ccccc2-c2ccccc21. The summed E-state index contributed by atoms with van der Waals surface area (Å²) in [5.41, 5.74) is 4.73. The van der Waals surface area contributed by atoms with Crippen molar-refractivity contribution in [1.29, 1.82) is 0 Å². The molecule has 0 radical (unpaired) electrons. The maximum Gasteiger partial charge on any atom is 0.407 e. The van der Waals surface area contributed by atoms with E-state index in [2.05, 4.69) is 34.9 Å². The van der Waals surface area contributed by atoms with Crippen LogP contribution in [0.1, 0.15) is 49.1 Å². The maximum absolute atomic E-state index is 12.5. The van der Waals surface area contributed by atoms with Crippen molar-refractivity contribution in [3.8, 4) is 11.1 Å². The van der Waals surface area contributed by atoms with Crippen molar-refractivity contribution in [3.63, 3.8) is 0 Å². The molecule has 2 amide bonds. The van der Waals surface area contributed by atoms with E-state index in [1.54, 1.807) is 0 Å². The van der Waals surface area contributed by atoms with Crippen molar-refractivity contribution in [2.45, 2.75) is 38.0 Å². The van der Waals surface area contributed by atoms with Crippen LogP contribution in [-0.2, 0) is 14.3 Å². The van der Waals surface area contributed by atoms with Gasteiger partial charge in [-0.25, -0.2) is 4.79 Å². The molecule has 7 nitrogen and oxygen atoms in total. The minimum absolute atomic E-state index is 0.00165. The number of fused-ring (bicyclic) bond motifs is 3. The van der Waals surface area contributed by atoms with Gasteiger partial charge in [-0.15, -0.1) is 0 Å². The number of carbonyl (C=O) groups is 3. The van der Waals surface area contributed by atoms with Gasteiger partial charge >= 0.3 is 12.1 Å². The second kappa shape index (κ2) is 10.1. The normalized spacial score (nSPS) is 24.7. The van der Waals surface area contributed by atoms with Crippen molar-refractivity contribution < 1.29 is 24.2 Å². The van der Waals surface area contributed by atoms with Gasteiger partial charge < -0.3 is 20.5 Å². The van der Waals surface area contributed by atoms with Crippen LogP contribution in [0.25, 0.3) is 11.1 Å². The Labute approximate surface area is 205 Å². The Hall–Kier alpha value is -3.35. The summed E-state index contributed by atoms with van der Waals surface area (Å²) in [6.07, 6.45) is 3.51. The van der Waals surface area contributed by atoms with Gasteiger partial charge in [0.05, 0.1) is 5.92 Å². The number of aliphatic carboxylic acids is 1. The Balaban J connectivity index is 1.04. The Morgan fingerprint density at radius 1 is 0.886 bits per heavy atom. The lowest BCUT2D eigenvalue weighted by Crippen LogP contribution is -2.35. The molecule has 184 valence electrons. The van der Waals surface area contributed by atoms with Gasteiger partial charge in [0.1, 0.15) is 6.61 Å². The lowest BCUT2D eigenvalue weighted by atomic mass is 9.81. The van der Waals surface area contributed by atoms with Crippen molar-refractivity contribution in [3.05, 3.63) is 59.7 Å². The quantitative estimate of drug-likeness (QED) is 0.531. The number of carbonyl (C=O) groups excluding carboxylic acids is 2. The predicted molar refractivity (Wildman–Crippen MR) is 131 cm³/mol.